The Morgan fingerprint density at radius 3 is 2.52 bits per heavy atom. The van der Waals surface area contributed by atoms with Gasteiger partial charge >= 0.3 is 6.18 Å². The minimum atomic E-state index is -4.42. The molecule has 4 nitrogen and oxygen atoms in total. The van der Waals surface area contributed by atoms with E-state index in [4.69, 9.17) is 0 Å². The molecule has 0 aromatic carbocycles. The smallest absolute Gasteiger partial charge is 0.422 e. The molecule has 0 bridgehead atoms. The van der Waals surface area contributed by atoms with Gasteiger partial charge in [0, 0.05) is 17.8 Å². The quantitative estimate of drug-likeness (QED) is 0.799. The second-order valence-electron chi connectivity index (χ2n) is 5.32. The molecule has 1 atom stereocenters. The Hall–Kier alpha value is -1.44. The summed E-state index contributed by atoms with van der Waals surface area (Å²) in [6, 6.07) is 2.91. The molecule has 0 aliphatic rings. The Morgan fingerprint density at radius 2 is 2.00 bits per heavy atom. The number of hydrogen-bond acceptors (Lipinski definition) is 3. The van der Waals surface area contributed by atoms with Gasteiger partial charge in [-0.2, -0.15) is 17.6 Å². The summed E-state index contributed by atoms with van der Waals surface area (Å²) >= 11 is 0. The summed E-state index contributed by atoms with van der Waals surface area (Å²) in [5.41, 5.74) is 0.960. The SMILES string of the molecule is C/C(=N\[S@](=O)C(C)(C)C)c1ccnc(OCC(F)(F)F)c1. The molecule has 21 heavy (non-hydrogen) atoms. The van der Waals surface area contributed by atoms with Crippen molar-refractivity contribution in [1.82, 2.24) is 4.98 Å². The lowest BCUT2D eigenvalue weighted by Crippen LogP contribution is -2.21. The third kappa shape index (κ3) is 6.24. The van der Waals surface area contributed by atoms with Gasteiger partial charge in [0.15, 0.2) is 6.61 Å². The van der Waals surface area contributed by atoms with E-state index in [-0.39, 0.29) is 5.88 Å². The van der Waals surface area contributed by atoms with Crippen molar-refractivity contribution in [2.45, 2.75) is 38.6 Å². The molecule has 0 fully saturated rings. The first-order valence-corrected chi connectivity index (χ1v) is 7.23. The van der Waals surface area contributed by atoms with Crippen LogP contribution in [0.5, 0.6) is 5.88 Å². The van der Waals surface area contributed by atoms with Gasteiger partial charge in [0.1, 0.15) is 11.0 Å². The van der Waals surface area contributed by atoms with E-state index in [0.29, 0.717) is 11.3 Å². The summed E-state index contributed by atoms with van der Waals surface area (Å²) in [5, 5.41) is 0. The number of aromatic nitrogens is 1. The van der Waals surface area contributed by atoms with Crippen LogP contribution in [0.25, 0.3) is 0 Å². The summed E-state index contributed by atoms with van der Waals surface area (Å²) in [7, 11) is -1.45. The lowest BCUT2D eigenvalue weighted by Gasteiger charge is -2.14. The number of halogens is 3. The summed E-state index contributed by atoms with van der Waals surface area (Å²) in [6.07, 6.45) is -3.10. The second kappa shape index (κ2) is 6.55. The minimum Gasteiger partial charge on any atom is -0.468 e. The highest BCUT2D eigenvalue weighted by atomic mass is 32.2. The number of hydrogen-bond donors (Lipinski definition) is 0. The van der Waals surface area contributed by atoms with Crippen molar-refractivity contribution < 1.29 is 22.1 Å². The van der Waals surface area contributed by atoms with Gasteiger partial charge < -0.3 is 4.74 Å². The zero-order chi connectivity index (χ0) is 16.3. The molecule has 1 heterocycles. The first-order valence-electron chi connectivity index (χ1n) is 6.12. The molecule has 0 radical (unpaired) electrons. The molecule has 0 spiro atoms. The van der Waals surface area contributed by atoms with E-state index in [9.17, 15) is 17.4 Å². The van der Waals surface area contributed by atoms with Gasteiger partial charge in [-0.05, 0) is 33.8 Å². The lowest BCUT2D eigenvalue weighted by molar-refractivity contribution is -0.154. The fourth-order valence-electron chi connectivity index (χ4n) is 1.18. The minimum absolute atomic E-state index is 0.152. The zero-order valence-corrected chi connectivity index (χ0v) is 13.0. The van der Waals surface area contributed by atoms with E-state index in [1.807, 2.05) is 0 Å². The van der Waals surface area contributed by atoms with Gasteiger partial charge in [0.25, 0.3) is 0 Å². The highest BCUT2D eigenvalue weighted by Gasteiger charge is 2.28. The molecule has 1 rings (SSSR count). The predicted octanol–water partition coefficient (Wildman–Crippen LogP) is 3.29. The molecular weight excluding hydrogens is 305 g/mol. The molecule has 0 aliphatic carbocycles. The molecule has 1 aromatic heterocycles. The molecular formula is C13H17F3N2O2S. The monoisotopic (exact) mass is 322 g/mol. The molecule has 118 valence electrons. The van der Waals surface area contributed by atoms with E-state index < -0.39 is 28.5 Å². The van der Waals surface area contributed by atoms with Crippen LogP contribution in [-0.4, -0.2) is 32.4 Å². The predicted molar refractivity (Wildman–Crippen MR) is 75.9 cm³/mol. The maximum Gasteiger partial charge on any atom is 0.422 e. The summed E-state index contributed by atoms with van der Waals surface area (Å²) in [6.45, 7) is 5.57. The number of pyridine rings is 1. The van der Waals surface area contributed by atoms with E-state index in [0.717, 1.165) is 0 Å². The van der Waals surface area contributed by atoms with Gasteiger partial charge in [0.2, 0.25) is 5.88 Å². The Morgan fingerprint density at radius 1 is 1.38 bits per heavy atom. The van der Waals surface area contributed by atoms with Crippen LogP contribution in [0.3, 0.4) is 0 Å². The van der Waals surface area contributed by atoms with Crippen LogP contribution in [0.1, 0.15) is 33.3 Å². The maximum absolute atomic E-state index is 12.1. The average molecular weight is 322 g/mol. The second-order valence-corrected chi connectivity index (χ2v) is 7.23. The maximum atomic E-state index is 12.1. The number of ether oxygens (including phenoxy) is 1. The van der Waals surface area contributed by atoms with Crippen LogP contribution >= 0.6 is 0 Å². The van der Waals surface area contributed by atoms with Crippen molar-refractivity contribution in [3.63, 3.8) is 0 Å². The van der Waals surface area contributed by atoms with E-state index in [2.05, 4.69) is 14.1 Å². The fraction of sp³-hybridized carbons (Fsp3) is 0.538. The van der Waals surface area contributed by atoms with Gasteiger partial charge in [-0.25, -0.2) is 9.19 Å². The molecule has 0 aliphatic heterocycles. The first kappa shape index (κ1) is 17.6. The summed E-state index contributed by atoms with van der Waals surface area (Å²) in [5.74, 6) is -0.152. The molecule has 8 heteroatoms. The molecule has 0 saturated heterocycles. The van der Waals surface area contributed by atoms with Crippen LogP contribution < -0.4 is 4.74 Å². The third-order valence-electron chi connectivity index (χ3n) is 2.28. The Balaban J connectivity index is 2.89. The summed E-state index contributed by atoms with van der Waals surface area (Å²) in [4.78, 5) is 3.70. The Bertz CT molecular complexity index is 551. The van der Waals surface area contributed by atoms with Gasteiger partial charge in [0.05, 0.1) is 10.5 Å². The van der Waals surface area contributed by atoms with Gasteiger partial charge in [-0.3, -0.25) is 0 Å². The number of rotatable bonds is 4. The van der Waals surface area contributed by atoms with E-state index in [1.165, 1.54) is 12.3 Å². The first-order chi connectivity index (χ1) is 9.49. The van der Waals surface area contributed by atoms with Crippen molar-refractivity contribution in [3.05, 3.63) is 23.9 Å². The summed E-state index contributed by atoms with van der Waals surface area (Å²) < 4.78 is 56.3. The highest BCUT2D eigenvalue weighted by Crippen LogP contribution is 2.19. The van der Waals surface area contributed by atoms with Crippen LogP contribution in [-0.2, 0) is 11.0 Å². The highest BCUT2D eigenvalue weighted by molar-refractivity contribution is 7.85. The van der Waals surface area contributed by atoms with Crippen LogP contribution in [0, 0.1) is 0 Å². The van der Waals surface area contributed by atoms with Crippen molar-refractivity contribution >= 4 is 16.7 Å². The zero-order valence-electron chi connectivity index (χ0n) is 12.2. The van der Waals surface area contributed by atoms with Crippen LogP contribution in [0.15, 0.2) is 22.7 Å². The van der Waals surface area contributed by atoms with Gasteiger partial charge in [-0.15, -0.1) is 0 Å². The Kier molecular flexibility index (Phi) is 5.49. The Labute approximate surface area is 124 Å². The normalized spacial score (nSPS) is 14.9. The van der Waals surface area contributed by atoms with Crippen molar-refractivity contribution in [3.8, 4) is 5.88 Å². The van der Waals surface area contributed by atoms with Crippen molar-refractivity contribution in [1.29, 1.82) is 0 Å². The average Bonchev–Trinajstić information content (AvgIpc) is 2.34. The van der Waals surface area contributed by atoms with Crippen molar-refractivity contribution in [2.75, 3.05) is 6.61 Å². The standard InChI is InChI=1S/C13H17F3N2O2S/c1-9(18-21(19)12(2,3)4)10-5-6-17-11(7-10)20-8-13(14,15)16/h5-7H,8H2,1-4H3/b18-9+/t21-/m1/s1. The molecule has 1 aromatic rings. The largest absolute Gasteiger partial charge is 0.468 e. The van der Waals surface area contributed by atoms with E-state index >= 15 is 0 Å². The fourth-order valence-corrected chi connectivity index (χ4v) is 1.81. The molecule has 0 amide bonds. The van der Waals surface area contributed by atoms with Crippen LogP contribution in [0.4, 0.5) is 13.2 Å². The lowest BCUT2D eigenvalue weighted by atomic mass is 10.2. The number of nitrogens with zero attached hydrogens (tertiary/aromatic N) is 2. The van der Waals surface area contributed by atoms with Crippen LogP contribution in [0.2, 0.25) is 0 Å². The topological polar surface area (TPSA) is 51.5 Å². The molecule has 0 saturated carbocycles. The molecule has 0 unspecified atom stereocenters. The molecule has 0 N–H and O–H groups in total. The number of alkyl halides is 3. The van der Waals surface area contributed by atoms with E-state index in [1.54, 1.807) is 33.8 Å². The van der Waals surface area contributed by atoms with Crippen molar-refractivity contribution in [2.24, 2.45) is 4.40 Å². The van der Waals surface area contributed by atoms with Gasteiger partial charge in [-0.1, -0.05) is 0 Å². The third-order valence-corrected chi connectivity index (χ3v) is 3.77.